The lowest BCUT2D eigenvalue weighted by Crippen LogP contribution is -2.26. The van der Waals surface area contributed by atoms with Gasteiger partial charge in [0.1, 0.15) is 5.75 Å². The van der Waals surface area contributed by atoms with Crippen LogP contribution in [-0.2, 0) is 4.79 Å². The van der Waals surface area contributed by atoms with E-state index < -0.39 is 0 Å². The van der Waals surface area contributed by atoms with E-state index in [0.717, 1.165) is 28.6 Å². The van der Waals surface area contributed by atoms with Crippen molar-refractivity contribution < 1.29 is 9.53 Å². The Morgan fingerprint density at radius 2 is 2.33 bits per heavy atom. The van der Waals surface area contributed by atoms with Gasteiger partial charge in [0.25, 0.3) is 5.91 Å². The lowest BCUT2D eigenvalue weighted by molar-refractivity contribution is -0.123. The van der Waals surface area contributed by atoms with E-state index in [4.69, 9.17) is 4.74 Å². The highest BCUT2D eigenvalue weighted by Gasteiger charge is 2.20. The van der Waals surface area contributed by atoms with Crippen LogP contribution in [0, 0.1) is 12.8 Å². The summed E-state index contributed by atoms with van der Waals surface area (Å²) in [4.78, 5) is 11.8. The van der Waals surface area contributed by atoms with E-state index in [1.807, 2.05) is 25.1 Å². The van der Waals surface area contributed by atoms with E-state index in [9.17, 15) is 4.79 Å². The standard InChI is InChI=1S/C16H21BrN2O2/c1-3-12-5-4-6-14(12)18-19-16(20)10-21-15-8-7-11(2)9-13(15)17/h7-9,12H,3-6,10H2,1-2H3,(H,19,20). The molecule has 1 aliphatic rings. The summed E-state index contributed by atoms with van der Waals surface area (Å²) in [5.74, 6) is 0.963. The van der Waals surface area contributed by atoms with Gasteiger partial charge in [-0.2, -0.15) is 5.10 Å². The number of nitrogens with zero attached hydrogens (tertiary/aromatic N) is 1. The lowest BCUT2D eigenvalue weighted by Gasteiger charge is -2.09. The van der Waals surface area contributed by atoms with Crippen molar-refractivity contribution >= 4 is 27.5 Å². The second kappa shape index (κ2) is 7.59. The van der Waals surface area contributed by atoms with Gasteiger partial charge in [-0.1, -0.05) is 13.0 Å². The van der Waals surface area contributed by atoms with Gasteiger partial charge >= 0.3 is 0 Å². The van der Waals surface area contributed by atoms with Gasteiger partial charge in [0.15, 0.2) is 6.61 Å². The minimum absolute atomic E-state index is 0.0325. The van der Waals surface area contributed by atoms with Crippen LogP contribution in [0.25, 0.3) is 0 Å². The summed E-state index contributed by atoms with van der Waals surface area (Å²) < 4.78 is 6.34. The van der Waals surface area contributed by atoms with Gasteiger partial charge in [-0.3, -0.25) is 4.79 Å². The molecule has 21 heavy (non-hydrogen) atoms. The van der Waals surface area contributed by atoms with Crippen LogP contribution in [0.15, 0.2) is 27.8 Å². The van der Waals surface area contributed by atoms with E-state index in [-0.39, 0.29) is 12.5 Å². The Bertz CT molecular complexity index is 543. The number of benzene rings is 1. The number of aryl methyl sites for hydroxylation is 1. The summed E-state index contributed by atoms with van der Waals surface area (Å²) in [7, 11) is 0. The average Bonchev–Trinajstić information content (AvgIpc) is 2.91. The van der Waals surface area contributed by atoms with Crippen LogP contribution >= 0.6 is 15.9 Å². The molecule has 1 saturated carbocycles. The van der Waals surface area contributed by atoms with Crippen molar-refractivity contribution in [3.8, 4) is 5.75 Å². The Labute approximate surface area is 134 Å². The Balaban J connectivity index is 1.83. The number of carbonyl (C=O) groups excluding carboxylic acids is 1. The first kappa shape index (κ1) is 16.0. The van der Waals surface area contributed by atoms with Gasteiger partial charge in [-0.25, -0.2) is 5.43 Å². The monoisotopic (exact) mass is 352 g/mol. The molecule has 2 rings (SSSR count). The number of nitrogens with one attached hydrogen (secondary N) is 1. The maximum absolute atomic E-state index is 11.8. The third-order valence-electron chi connectivity index (χ3n) is 3.72. The molecular weight excluding hydrogens is 332 g/mol. The summed E-state index contributed by atoms with van der Waals surface area (Å²) in [5, 5.41) is 4.25. The summed E-state index contributed by atoms with van der Waals surface area (Å²) >= 11 is 3.42. The minimum Gasteiger partial charge on any atom is -0.483 e. The van der Waals surface area contributed by atoms with E-state index in [0.29, 0.717) is 11.7 Å². The molecule has 1 unspecified atom stereocenters. The van der Waals surface area contributed by atoms with E-state index in [1.54, 1.807) is 0 Å². The Morgan fingerprint density at radius 3 is 3.05 bits per heavy atom. The molecule has 1 atom stereocenters. The second-order valence-electron chi connectivity index (χ2n) is 5.36. The number of hydrazone groups is 1. The summed E-state index contributed by atoms with van der Waals surface area (Å²) in [6.45, 7) is 4.13. The molecular formula is C16H21BrN2O2. The van der Waals surface area contributed by atoms with E-state index in [2.05, 4.69) is 33.4 Å². The fourth-order valence-electron chi connectivity index (χ4n) is 2.52. The molecule has 1 N–H and O–H groups in total. The molecule has 1 aromatic carbocycles. The molecule has 1 aliphatic carbocycles. The molecule has 1 amide bonds. The molecule has 5 heteroatoms. The summed E-state index contributed by atoms with van der Waals surface area (Å²) in [6, 6.07) is 5.75. The molecule has 0 spiro atoms. The van der Waals surface area contributed by atoms with Crippen molar-refractivity contribution in [2.75, 3.05) is 6.61 Å². The van der Waals surface area contributed by atoms with Crippen molar-refractivity contribution in [1.29, 1.82) is 0 Å². The van der Waals surface area contributed by atoms with Gasteiger partial charge in [0.05, 0.1) is 4.47 Å². The zero-order chi connectivity index (χ0) is 15.2. The topological polar surface area (TPSA) is 50.7 Å². The van der Waals surface area contributed by atoms with E-state index >= 15 is 0 Å². The van der Waals surface area contributed by atoms with Crippen molar-refractivity contribution in [3.63, 3.8) is 0 Å². The maximum atomic E-state index is 11.8. The van der Waals surface area contributed by atoms with Gasteiger partial charge < -0.3 is 4.74 Å². The van der Waals surface area contributed by atoms with Crippen LogP contribution in [0.5, 0.6) is 5.75 Å². The van der Waals surface area contributed by atoms with Crippen molar-refractivity contribution in [1.82, 2.24) is 5.43 Å². The van der Waals surface area contributed by atoms with Crippen LogP contribution < -0.4 is 10.2 Å². The van der Waals surface area contributed by atoms with Crippen LogP contribution in [0.3, 0.4) is 0 Å². The molecule has 0 heterocycles. The average molecular weight is 353 g/mol. The van der Waals surface area contributed by atoms with Crippen LogP contribution in [0.1, 0.15) is 38.2 Å². The Hall–Kier alpha value is -1.36. The van der Waals surface area contributed by atoms with Crippen LogP contribution in [0.4, 0.5) is 0 Å². The molecule has 0 radical (unpaired) electrons. The highest BCUT2D eigenvalue weighted by molar-refractivity contribution is 9.10. The number of hydrogen-bond donors (Lipinski definition) is 1. The Morgan fingerprint density at radius 1 is 1.52 bits per heavy atom. The first-order chi connectivity index (χ1) is 10.1. The first-order valence-electron chi connectivity index (χ1n) is 7.34. The van der Waals surface area contributed by atoms with Crippen molar-refractivity contribution in [2.24, 2.45) is 11.0 Å². The smallest absolute Gasteiger partial charge is 0.277 e. The number of amides is 1. The summed E-state index contributed by atoms with van der Waals surface area (Å²) in [6.07, 6.45) is 4.42. The number of rotatable bonds is 5. The predicted molar refractivity (Wildman–Crippen MR) is 87.6 cm³/mol. The van der Waals surface area contributed by atoms with Gasteiger partial charge in [-0.15, -0.1) is 0 Å². The fraction of sp³-hybridized carbons (Fsp3) is 0.500. The first-order valence-corrected chi connectivity index (χ1v) is 8.13. The van der Waals surface area contributed by atoms with Crippen molar-refractivity contribution in [2.45, 2.75) is 39.5 Å². The number of carbonyl (C=O) groups is 1. The number of halogens is 1. The molecule has 1 fully saturated rings. The highest BCUT2D eigenvalue weighted by atomic mass is 79.9. The number of ether oxygens (including phenoxy) is 1. The molecule has 0 saturated heterocycles. The van der Waals surface area contributed by atoms with E-state index in [1.165, 1.54) is 12.8 Å². The zero-order valence-corrected chi connectivity index (χ0v) is 14.1. The Kier molecular flexibility index (Phi) is 5.79. The largest absolute Gasteiger partial charge is 0.483 e. The third kappa shape index (κ3) is 4.56. The number of hydrogen-bond acceptors (Lipinski definition) is 3. The molecule has 4 nitrogen and oxygen atoms in total. The molecule has 0 aromatic heterocycles. The highest BCUT2D eigenvalue weighted by Crippen LogP contribution is 2.26. The second-order valence-corrected chi connectivity index (χ2v) is 6.21. The normalized spacial score (nSPS) is 19.8. The van der Waals surface area contributed by atoms with Crippen molar-refractivity contribution in [3.05, 3.63) is 28.2 Å². The quantitative estimate of drug-likeness (QED) is 0.819. The maximum Gasteiger partial charge on any atom is 0.277 e. The SMILES string of the molecule is CCC1CCCC1=NNC(=O)COc1ccc(C)cc1Br. The molecule has 0 aliphatic heterocycles. The molecule has 1 aromatic rings. The fourth-order valence-corrected chi connectivity index (χ4v) is 3.13. The van der Waals surface area contributed by atoms with Crippen LogP contribution in [-0.4, -0.2) is 18.2 Å². The molecule has 114 valence electrons. The third-order valence-corrected chi connectivity index (χ3v) is 4.34. The molecule has 0 bridgehead atoms. The lowest BCUT2D eigenvalue weighted by atomic mass is 10.0. The van der Waals surface area contributed by atoms with Gasteiger partial charge in [0, 0.05) is 5.71 Å². The van der Waals surface area contributed by atoms with Crippen LogP contribution in [0.2, 0.25) is 0 Å². The summed E-state index contributed by atoms with van der Waals surface area (Å²) in [5.41, 5.74) is 4.85. The van der Waals surface area contributed by atoms with Gasteiger partial charge in [0.2, 0.25) is 0 Å². The zero-order valence-electron chi connectivity index (χ0n) is 12.5. The minimum atomic E-state index is -0.225. The van der Waals surface area contributed by atoms with Gasteiger partial charge in [-0.05, 0) is 72.2 Å². The predicted octanol–water partition coefficient (Wildman–Crippen LogP) is 3.82.